The zero-order valence-corrected chi connectivity index (χ0v) is 26.6. The number of terminal acetylenes is 1. The third kappa shape index (κ3) is 10.5. The number of nitrogens with zero attached hydrogens (tertiary/aromatic N) is 6. The van der Waals surface area contributed by atoms with Gasteiger partial charge < -0.3 is 7.43 Å². The van der Waals surface area contributed by atoms with Crippen molar-refractivity contribution < 1.29 is 33.8 Å². The van der Waals surface area contributed by atoms with Gasteiger partial charge in [-0.3, -0.25) is 0 Å². The van der Waals surface area contributed by atoms with Crippen molar-refractivity contribution in [1.29, 1.82) is 0.954 Å². The maximum atomic E-state index is 12.5. The summed E-state index contributed by atoms with van der Waals surface area (Å²) in [5, 5.41) is 7.67. The summed E-state index contributed by atoms with van der Waals surface area (Å²) in [5.74, 6) is 2.53. The van der Waals surface area contributed by atoms with Crippen LogP contribution in [0.2, 0.25) is 0 Å². The first-order valence-corrected chi connectivity index (χ1v) is 15.1. The second kappa shape index (κ2) is 17.4. The first kappa shape index (κ1) is 35.5. The molecule has 1 aromatic heterocycles. The van der Waals surface area contributed by atoms with E-state index in [1.54, 1.807) is 36.4 Å². The third-order valence-electron chi connectivity index (χ3n) is 5.51. The van der Waals surface area contributed by atoms with Crippen molar-refractivity contribution in [2.75, 3.05) is 0 Å². The second-order valence-electron chi connectivity index (χ2n) is 8.63. The molecule has 13 heteroatoms. The standard InChI is InChI=1S/C15H13N3O2S.C8H6.C7H7N3O2S.CH3.Cu.H/c1-12-7-9-14(10-8-12)21(19,20)18-11-15(16-17-18)13-5-3-2-4-6-13;1-2-8-6-4-3-5-7-8;1-6-2-4-7(5-3-6)13(11,12)10-9-8;;;/h2-11H,1H3;1,3-7H;2-5H,1H3;1H3;;/q;;;-1;+1;/i;;;;;1+2. The Bertz CT molecular complexity index is 1930. The molecule has 10 nitrogen and oxygen atoms in total. The normalized spacial score (nSPS) is 10.2. The van der Waals surface area contributed by atoms with Crippen molar-refractivity contribution in [1.82, 2.24) is 14.4 Å². The summed E-state index contributed by atoms with van der Waals surface area (Å²) in [7, 11) is -7.52. The van der Waals surface area contributed by atoms with Gasteiger partial charge in [0.05, 0.1) is 16.0 Å². The molecule has 0 saturated heterocycles. The zero-order chi connectivity index (χ0) is 32.6. The minimum absolute atomic E-state index is 0. The van der Waals surface area contributed by atoms with E-state index in [2.05, 4.69) is 42.6 Å². The average Bonchev–Trinajstić information content (AvgIpc) is 3.56. The number of aromatic nitrogens is 3. The van der Waals surface area contributed by atoms with Gasteiger partial charge in [-0.2, -0.15) is 8.42 Å². The van der Waals surface area contributed by atoms with Gasteiger partial charge in [-0.25, -0.2) is 8.42 Å². The molecule has 5 aromatic rings. The van der Waals surface area contributed by atoms with Crippen LogP contribution >= 0.6 is 0 Å². The van der Waals surface area contributed by atoms with Gasteiger partial charge in [-0.1, -0.05) is 95.1 Å². The molecule has 0 amide bonds. The van der Waals surface area contributed by atoms with Crippen molar-refractivity contribution in [2.45, 2.75) is 23.6 Å². The molecule has 0 unspecified atom stereocenters. The van der Waals surface area contributed by atoms with E-state index in [-0.39, 0.29) is 17.2 Å². The minimum Gasteiger partial charge on any atom is -0.358 e. The predicted molar refractivity (Wildman–Crippen MR) is 169 cm³/mol. The number of hydrogen-bond donors (Lipinski definition) is 0. The van der Waals surface area contributed by atoms with E-state index < -0.39 is 20.0 Å². The topological polar surface area (TPSA) is 148 Å². The minimum atomic E-state index is -3.82. The first-order valence-electron chi connectivity index (χ1n) is 12.6. The summed E-state index contributed by atoms with van der Waals surface area (Å²) < 4.78 is 56.1. The molecule has 1 heterocycles. The van der Waals surface area contributed by atoms with Crippen molar-refractivity contribution in [2.24, 2.45) is 4.52 Å². The summed E-state index contributed by atoms with van der Waals surface area (Å²) in [6.07, 6.45) is 6.52. The molecular weight excluding hydrogens is 648 g/mol. The van der Waals surface area contributed by atoms with Gasteiger partial charge in [0.2, 0.25) is 0 Å². The van der Waals surface area contributed by atoms with E-state index in [1.807, 2.05) is 74.5 Å². The average molecular weight is 680 g/mol. The molecule has 0 fully saturated rings. The van der Waals surface area contributed by atoms with E-state index in [0.717, 1.165) is 26.3 Å². The summed E-state index contributed by atoms with van der Waals surface area (Å²) in [5.41, 5.74) is 12.2. The van der Waals surface area contributed by atoms with Crippen molar-refractivity contribution in [3.8, 4) is 23.6 Å². The summed E-state index contributed by atoms with van der Waals surface area (Å²) >= 11 is 3.44. The van der Waals surface area contributed by atoms with Crippen LogP contribution in [0.4, 0.5) is 0 Å². The Balaban J connectivity index is 0.000000361. The fourth-order valence-corrected chi connectivity index (χ4v) is 5.00. The smallest absolute Gasteiger partial charge is 0.358 e. The molecule has 0 aliphatic rings. The van der Waals surface area contributed by atoms with Gasteiger partial charge in [0.1, 0.15) is 5.69 Å². The fourth-order valence-electron chi connectivity index (χ4n) is 3.27. The Kier molecular flexibility index (Phi) is 14.1. The molecule has 44 heavy (non-hydrogen) atoms. The molecule has 231 valence electrons. The van der Waals surface area contributed by atoms with Gasteiger partial charge in [0.25, 0.3) is 20.0 Å². The van der Waals surface area contributed by atoms with E-state index in [0.29, 0.717) is 5.69 Å². The summed E-state index contributed by atoms with van der Waals surface area (Å²) in [4.78, 5) is 2.45. The Morgan fingerprint density at radius 1 is 0.818 bits per heavy atom. The molecule has 5 rings (SSSR count). The third-order valence-corrected chi connectivity index (χ3v) is 8.21. The number of aryl methyl sites for hydroxylation is 2. The van der Waals surface area contributed by atoms with Gasteiger partial charge in [-0.05, 0) is 55.8 Å². The van der Waals surface area contributed by atoms with Crippen molar-refractivity contribution >= 4 is 20.0 Å². The van der Waals surface area contributed by atoms with Gasteiger partial charge in [0, 0.05) is 20.6 Å². The molecule has 4 aromatic carbocycles. The van der Waals surface area contributed by atoms with Crippen LogP contribution in [0.25, 0.3) is 21.7 Å². The number of hydrogen-bond acceptors (Lipinski definition) is 6. The SMILES string of the molecule is C#Cc1ccccc1.Cc1ccc(S(=O)(=O)N=[N+]=[N-])cc1.Cc1ccc(S(=O)(=O)n2cc(-c3ccccc3)nn2)cc1.[3H][Cu+].[CH3-]. The molecule has 0 spiro atoms. The molecule has 0 saturated carbocycles. The van der Waals surface area contributed by atoms with Gasteiger partial charge in [-0.15, -0.1) is 15.6 Å². The monoisotopic (exact) mass is 679 g/mol. The second-order valence-corrected chi connectivity index (χ2v) is 12.0. The van der Waals surface area contributed by atoms with E-state index in [4.69, 9.17) is 12.9 Å². The fraction of sp³-hybridized carbons (Fsp3) is 0.0645. The largest absolute Gasteiger partial charge is 0.358 e. The Labute approximate surface area is 269 Å². The van der Waals surface area contributed by atoms with Crippen molar-refractivity contribution in [3.63, 3.8) is 0 Å². The van der Waals surface area contributed by atoms with E-state index >= 15 is 0 Å². The zero-order valence-electron chi connectivity index (χ0n) is 25.0. The predicted octanol–water partition coefficient (Wildman–Crippen LogP) is 6.33. The molecular formula is C31H30CuN6O4S2. The number of azide groups is 1. The van der Waals surface area contributed by atoms with Crippen molar-refractivity contribution in [3.05, 3.63) is 150 Å². The maximum Gasteiger partial charge on any atom is -0.358 e. The van der Waals surface area contributed by atoms with Crippen LogP contribution in [0.5, 0.6) is 0 Å². The van der Waals surface area contributed by atoms with E-state index in [9.17, 15) is 16.8 Å². The number of rotatable bonds is 5. The van der Waals surface area contributed by atoms with Crippen LogP contribution < -0.4 is 0 Å². The molecule has 0 aliphatic carbocycles. The van der Waals surface area contributed by atoms with Crippen LogP contribution in [-0.4, -0.2) is 32.2 Å². The Morgan fingerprint density at radius 3 is 1.75 bits per heavy atom. The molecule has 0 aliphatic heterocycles. The summed E-state index contributed by atoms with van der Waals surface area (Å²) in [6, 6.07) is 31.6. The molecule has 0 radical (unpaired) electrons. The van der Waals surface area contributed by atoms with E-state index in [1.165, 1.54) is 18.3 Å². The number of benzene rings is 4. The molecule has 0 bridgehead atoms. The molecule has 0 N–H and O–H groups in total. The van der Waals surface area contributed by atoms with Crippen LogP contribution in [-0.2, 0) is 37.0 Å². The van der Waals surface area contributed by atoms with Crippen LogP contribution in [0, 0.1) is 33.6 Å². The Hall–Kier alpha value is -4.69. The summed E-state index contributed by atoms with van der Waals surface area (Å²) in [6.45, 7) is 3.74. The van der Waals surface area contributed by atoms with Crippen LogP contribution in [0.1, 0.15) is 16.7 Å². The quantitative estimate of drug-likeness (QED) is 0.0529. The first-order chi connectivity index (χ1) is 21.1. The Morgan fingerprint density at radius 2 is 1.30 bits per heavy atom. The number of sulfonamides is 1. The maximum absolute atomic E-state index is 12.5. The molecule has 0 atom stereocenters. The van der Waals surface area contributed by atoms with Crippen LogP contribution in [0.15, 0.2) is 130 Å². The van der Waals surface area contributed by atoms with Gasteiger partial charge in [0.15, 0.2) is 0 Å². The van der Waals surface area contributed by atoms with Crippen LogP contribution in [0.3, 0.4) is 0 Å². The van der Waals surface area contributed by atoms with Gasteiger partial charge >= 0.3 is 17.9 Å².